The minimum atomic E-state index is 0.600. The summed E-state index contributed by atoms with van der Waals surface area (Å²) in [5.74, 6) is 0. The van der Waals surface area contributed by atoms with Gasteiger partial charge in [-0.2, -0.15) is 5.10 Å². The number of aryl methyl sites for hydroxylation is 1. The molecule has 4 heteroatoms. The van der Waals surface area contributed by atoms with Crippen molar-refractivity contribution < 1.29 is 0 Å². The summed E-state index contributed by atoms with van der Waals surface area (Å²) in [6.45, 7) is 4.24. The maximum Gasteiger partial charge on any atom is 0.0682 e. The van der Waals surface area contributed by atoms with Crippen LogP contribution in [-0.4, -0.2) is 34.3 Å². The second-order valence-corrected chi connectivity index (χ2v) is 4.28. The highest BCUT2D eigenvalue weighted by Crippen LogP contribution is 2.11. The van der Waals surface area contributed by atoms with E-state index < -0.39 is 0 Å². The Labute approximate surface area is 91.1 Å². The van der Waals surface area contributed by atoms with Crippen LogP contribution in [0.15, 0.2) is 6.20 Å². The number of rotatable bonds is 4. The van der Waals surface area contributed by atoms with Crippen molar-refractivity contribution in [2.75, 3.05) is 19.6 Å². The van der Waals surface area contributed by atoms with Gasteiger partial charge in [0, 0.05) is 38.3 Å². The highest BCUT2D eigenvalue weighted by atomic mass is 15.3. The molecule has 0 aromatic carbocycles. The lowest BCUT2D eigenvalue weighted by Crippen LogP contribution is -2.22. The molecule has 1 aromatic rings. The Bertz CT molecular complexity index is 312. The molecule has 1 saturated heterocycles. The summed E-state index contributed by atoms with van der Waals surface area (Å²) in [7, 11) is 1.96. The average Bonchev–Trinajstić information content (AvgIpc) is 2.83. The van der Waals surface area contributed by atoms with Crippen molar-refractivity contribution in [2.24, 2.45) is 12.8 Å². The Hall–Kier alpha value is -0.870. The molecule has 1 aliphatic heterocycles. The Morgan fingerprint density at radius 1 is 1.40 bits per heavy atom. The van der Waals surface area contributed by atoms with E-state index in [0.717, 1.165) is 13.0 Å². The predicted molar refractivity (Wildman–Crippen MR) is 60.5 cm³/mol. The van der Waals surface area contributed by atoms with Gasteiger partial charge in [-0.15, -0.1) is 0 Å². The van der Waals surface area contributed by atoms with Gasteiger partial charge < -0.3 is 10.6 Å². The maximum absolute atomic E-state index is 5.68. The lowest BCUT2D eigenvalue weighted by atomic mass is 10.2. The molecule has 15 heavy (non-hydrogen) atoms. The summed E-state index contributed by atoms with van der Waals surface area (Å²) in [5, 5.41) is 4.45. The van der Waals surface area contributed by atoms with E-state index in [0.29, 0.717) is 6.54 Å². The Kier molecular flexibility index (Phi) is 3.38. The molecular weight excluding hydrogens is 188 g/mol. The van der Waals surface area contributed by atoms with Crippen molar-refractivity contribution in [2.45, 2.75) is 25.8 Å². The van der Waals surface area contributed by atoms with Gasteiger partial charge in [-0.25, -0.2) is 0 Å². The largest absolute Gasteiger partial charge is 0.326 e. The van der Waals surface area contributed by atoms with E-state index in [1.807, 2.05) is 17.9 Å². The normalized spacial score (nSPS) is 17.5. The smallest absolute Gasteiger partial charge is 0.0682 e. The molecule has 1 aromatic heterocycles. The summed E-state index contributed by atoms with van der Waals surface area (Å²) >= 11 is 0. The zero-order chi connectivity index (χ0) is 10.7. The molecule has 0 amide bonds. The van der Waals surface area contributed by atoms with Crippen LogP contribution in [0.5, 0.6) is 0 Å². The van der Waals surface area contributed by atoms with Gasteiger partial charge in [0.2, 0.25) is 0 Å². The predicted octanol–water partition coefficient (Wildman–Crippen LogP) is 0.517. The van der Waals surface area contributed by atoms with Crippen LogP contribution in [-0.2, 0) is 20.0 Å². The number of likely N-dealkylation sites (tertiary alicyclic amines) is 1. The molecule has 1 aliphatic rings. The minimum Gasteiger partial charge on any atom is -0.326 e. The van der Waals surface area contributed by atoms with Crippen LogP contribution >= 0.6 is 0 Å². The highest BCUT2D eigenvalue weighted by molar-refractivity contribution is 5.16. The molecule has 2 heterocycles. The number of nitrogens with two attached hydrogens (primary N) is 1. The van der Waals surface area contributed by atoms with Crippen molar-refractivity contribution in [3.05, 3.63) is 17.5 Å². The van der Waals surface area contributed by atoms with Gasteiger partial charge in [0.1, 0.15) is 0 Å². The third-order valence-electron chi connectivity index (χ3n) is 3.08. The standard InChI is InChI=1S/C11H20N4/c1-14-9-10(8-12)11(13-14)4-7-15-5-2-3-6-15/h9H,2-8,12H2,1H3. The fourth-order valence-electron chi connectivity index (χ4n) is 2.23. The Balaban J connectivity index is 1.91. The first kappa shape index (κ1) is 10.6. The van der Waals surface area contributed by atoms with Gasteiger partial charge in [0.15, 0.2) is 0 Å². The van der Waals surface area contributed by atoms with E-state index >= 15 is 0 Å². The van der Waals surface area contributed by atoms with E-state index in [1.165, 1.54) is 37.2 Å². The van der Waals surface area contributed by atoms with Gasteiger partial charge in [0.25, 0.3) is 0 Å². The van der Waals surface area contributed by atoms with Crippen LogP contribution in [0, 0.1) is 0 Å². The van der Waals surface area contributed by atoms with E-state index in [-0.39, 0.29) is 0 Å². The molecular formula is C11H20N4. The minimum absolute atomic E-state index is 0.600. The number of hydrogen-bond donors (Lipinski definition) is 1. The zero-order valence-corrected chi connectivity index (χ0v) is 9.45. The molecule has 2 N–H and O–H groups in total. The number of hydrogen-bond acceptors (Lipinski definition) is 3. The first-order valence-corrected chi connectivity index (χ1v) is 5.73. The topological polar surface area (TPSA) is 47.1 Å². The fraction of sp³-hybridized carbons (Fsp3) is 0.727. The second kappa shape index (κ2) is 4.77. The van der Waals surface area contributed by atoms with Crippen LogP contribution < -0.4 is 5.73 Å². The van der Waals surface area contributed by atoms with Crippen molar-refractivity contribution in [1.29, 1.82) is 0 Å². The van der Waals surface area contributed by atoms with E-state index in [9.17, 15) is 0 Å². The maximum atomic E-state index is 5.68. The van der Waals surface area contributed by atoms with Crippen molar-refractivity contribution in [3.63, 3.8) is 0 Å². The Morgan fingerprint density at radius 3 is 2.80 bits per heavy atom. The van der Waals surface area contributed by atoms with Gasteiger partial charge in [-0.05, 0) is 25.9 Å². The van der Waals surface area contributed by atoms with Crippen LogP contribution in [0.1, 0.15) is 24.1 Å². The van der Waals surface area contributed by atoms with Crippen LogP contribution in [0.25, 0.3) is 0 Å². The molecule has 0 radical (unpaired) electrons. The first-order chi connectivity index (χ1) is 7.29. The Morgan fingerprint density at radius 2 is 2.13 bits per heavy atom. The summed E-state index contributed by atoms with van der Waals surface area (Å²) in [5.41, 5.74) is 8.05. The fourth-order valence-corrected chi connectivity index (χ4v) is 2.23. The molecule has 84 valence electrons. The second-order valence-electron chi connectivity index (χ2n) is 4.28. The van der Waals surface area contributed by atoms with Crippen LogP contribution in [0.2, 0.25) is 0 Å². The van der Waals surface area contributed by atoms with Crippen molar-refractivity contribution >= 4 is 0 Å². The summed E-state index contributed by atoms with van der Waals surface area (Å²) < 4.78 is 1.86. The van der Waals surface area contributed by atoms with E-state index in [1.54, 1.807) is 0 Å². The lowest BCUT2D eigenvalue weighted by Gasteiger charge is -2.13. The average molecular weight is 208 g/mol. The van der Waals surface area contributed by atoms with Crippen molar-refractivity contribution in [1.82, 2.24) is 14.7 Å². The van der Waals surface area contributed by atoms with E-state index in [4.69, 9.17) is 5.73 Å². The van der Waals surface area contributed by atoms with E-state index in [2.05, 4.69) is 10.00 Å². The van der Waals surface area contributed by atoms with Gasteiger partial charge in [0.05, 0.1) is 5.69 Å². The zero-order valence-electron chi connectivity index (χ0n) is 9.45. The quantitative estimate of drug-likeness (QED) is 0.784. The molecule has 0 bridgehead atoms. The third kappa shape index (κ3) is 2.58. The van der Waals surface area contributed by atoms with Crippen LogP contribution in [0.3, 0.4) is 0 Å². The summed E-state index contributed by atoms with van der Waals surface area (Å²) in [4.78, 5) is 2.51. The van der Waals surface area contributed by atoms with Gasteiger partial charge in [-0.3, -0.25) is 4.68 Å². The summed E-state index contributed by atoms with van der Waals surface area (Å²) in [6.07, 6.45) is 5.77. The van der Waals surface area contributed by atoms with Gasteiger partial charge >= 0.3 is 0 Å². The monoisotopic (exact) mass is 208 g/mol. The SMILES string of the molecule is Cn1cc(CN)c(CCN2CCCC2)n1. The molecule has 2 rings (SSSR count). The first-order valence-electron chi connectivity index (χ1n) is 5.73. The highest BCUT2D eigenvalue weighted by Gasteiger charge is 2.13. The molecule has 1 fully saturated rings. The third-order valence-corrected chi connectivity index (χ3v) is 3.08. The van der Waals surface area contributed by atoms with Crippen molar-refractivity contribution in [3.8, 4) is 0 Å². The molecule has 0 atom stereocenters. The number of aromatic nitrogens is 2. The van der Waals surface area contributed by atoms with Crippen LogP contribution in [0.4, 0.5) is 0 Å². The molecule has 0 spiro atoms. The molecule has 0 unspecified atom stereocenters. The molecule has 0 saturated carbocycles. The summed E-state index contributed by atoms with van der Waals surface area (Å²) in [6, 6.07) is 0. The molecule has 4 nitrogen and oxygen atoms in total. The lowest BCUT2D eigenvalue weighted by molar-refractivity contribution is 0.341. The van der Waals surface area contributed by atoms with Gasteiger partial charge in [-0.1, -0.05) is 0 Å². The molecule has 0 aliphatic carbocycles. The number of nitrogens with zero attached hydrogens (tertiary/aromatic N) is 3.